The molecule has 0 aromatic carbocycles. The van der Waals surface area contributed by atoms with Crippen LogP contribution in [0.1, 0.15) is 20.3 Å². The molecule has 2 atom stereocenters. The lowest BCUT2D eigenvalue weighted by atomic mass is 10.0. The van der Waals surface area contributed by atoms with Gasteiger partial charge in [-0.1, -0.05) is 32.1 Å². The Morgan fingerprint density at radius 2 is 2.08 bits per heavy atom. The highest BCUT2D eigenvalue weighted by Gasteiger charge is 2.06. The van der Waals surface area contributed by atoms with Crippen molar-refractivity contribution in [2.75, 3.05) is 0 Å². The van der Waals surface area contributed by atoms with Crippen LogP contribution in [0.3, 0.4) is 0 Å². The summed E-state index contributed by atoms with van der Waals surface area (Å²) in [4.78, 5) is 10.1. The fourth-order valence-electron chi connectivity index (χ4n) is 0.877. The van der Waals surface area contributed by atoms with E-state index in [1.807, 2.05) is 13.8 Å². The first kappa shape index (κ1) is 11.9. The van der Waals surface area contributed by atoms with Crippen LogP contribution in [-0.4, -0.2) is 22.3 Å². The van der Waals surface area contributed by atoms with E-state index in [0.717, 1.165) is 6.08 Å². The average Bonchev–Trinajstić information content (AvgIpc) is 2.10. The van der Waals surface area contributed by atoms with Gasteiger partial charge in [-0.3, -0.25) is 0 Å². The van der Waals surface area contributed by atoms with Crippen molar-refractivity contribution in [3.05, 3.63) is 24.3 Å². The molecule has 0 aromatic rings. The van der Waals surface area contributed by atoms with Gasteiger partial charge in [0.25, 0.3) is 0 Å². The molecule has 74 valence electrons. The number of aliphatic carboxylic acids is 1. The van der Waals surface area contributed by atoms with Gasteiger partial charge in [0.1, 0.15) is 0 Å². The first-order chi connectivity index (χ1) is 6.07. The van der Waals surface area contributed by atoms with E-state index in [-0.39, 0.29) is 12.0 Å². The van der Waals surface area contributed by atoms with E-state index in [1.54, 1.807) is 12.2 Å². The van der Waals surface area contributed by atoms with E-state index in [4.69, 9.17) is 5.11 Å². The summed E-state index contributed by atoms with van der Waals surface area (Å²) in [6.07, 6.45) is 6.27. The third kappa shape index (κ3) is 6.11. The molecular formula is C10H16O3. The Labute approximate surface area is 78.4 Å². The summed E-state index contributed by atoms with van der Waals surface area (Å²) in [5, 5.41) is 17.6. The number of aliphatic hydroxyl groups is 1. The SMILES string of the molecule is CC[C@H](O)[C@@H](C)/C=C/C=C/C(=O)O. The summed E-state index contributed by atoms with van der Waals surface area (Å²) in [6, 6.07) is 0. The standard InChI is InChI=1S/C10H16O3/c1-3-9(11)8(2)6-4-5-7-10(12)13/h4-9,11H,3H2,1-2H3,(H,12,13)/b6-4+,7-5+/t8-,9-/m0/s1. The van der Waals surface area contributed by atoms with Crippen LogP contribution < -0.4 is 0 Å². The van der Waals surface area contributed by atoms with Crippen LogP contribution in [0.4, 0.5) is 0 Å². The molecule has 0 radical (unpaired) electrons. The number of carboxylic acids is 1. The molecule has 0 aliphatic carbocycles. The molecule has 0 unspecified atom stereocenters. The number of allylic oxidation sites excluding steroid dienone is 2. The molecule has 3 heteroatoms. The van der Waals surface area contributed by atoms with E-state index in [9.17, 15) is 9.90 Å². The van der Waals surface area contributed by atoms with Crippen molar-refractivity contribution < 1.29 is 15.0 Å². The summed E-state index contributed by atoms with van der Waals surface area (Å²) < 4.78 is 0. The molecule has 3 nitrogen and oxygen atoms in total. The number of aliphatic hydroxyl groups excluding tert-OH is 1. The minimum atomic E-state index is -0.964. The van der Waals surface area contributed by atoms with Crippen molar-refractivity contribution in [2.24, 2.45) is 5.92 Å². The van der Waals surface area contributed by atoms with Crippen molar-refractivity contribution in [1.82, 2.24) is 0 Å². The molecule has 2 N–H and O–H groups in total. The summed E-state index contributed by atoms with van der Waals surface area (Å²) in [5.41, 5.74) is 0. The van der Waals surface area contributed by atoms with Crippen molar-refractivity contribution >= 4 is 5.97 Å². The van der Waals surface area contributed by atoms with Gasteiger partial charge in [-0.15, -0.1) is 0 Å². The Balaban J connectivity index is 3.90. The third-order valence-corrected chi connectivity index (χ3v) is 1.79. The molecule has 0 aliphatic rings. The topological polar surface area (TPSA) is 57.5 Å². The summed E-state index contributed by atoms with van der Waals surface area (Å²) in [6.45, 7) is 3.79. The van der Waals surface area contributed by atoms with Crippen LogP contribution in [-0.2, 0) is 4.79 Å². The fourth-order valence-corrected chi connectivity index (χ4v) is 0.877. The number of hydrogen-bond donors (Lipinski definition) is 2. The van der Waals surface area contributed by atoms with E-state index in [0.29, 0.717) is 6.42 Å². The van der Waals surface area contributed by atoms with Crippen molar-refractivity contribution in [2.45, 2.75) is 26.4 Å². The molecule has 0 aliphatic heterocycles. The summed E-state index contributed by atoms with van der Waals surface area (Å²) >= 11 is 0. The third-order valence-electron chi connectivity index (χ3n) is 1.79. The van der Waals surface area contributed by atoms with Gasteiger partial charge in [-0.25, -0.2) is 4.79 Å². The van der Waals surface area contributed by atoms with Crippen molar-refractivity contribution in [3.63, 3.8) is 0 Å². The average molecular weight is 184 g/mol. The van der Waals surface area contributed by atoms with Gasteiger partial charge in [0.15, 0.2) is 0 Å². The molecular weight excluding hydrogens is 168 g/mol. The normalized spacial score (nSPS) is 16.5. The van der Waals surface area contributed by atoms with Gasteiger partial charge in [0, 0.05) is 12.0 Å². The van der Waals surface area contributed by atoms with Gasteiger partial charge < -0.3 is 10.2 Å². The highest BCUT2D eigenvalue weighted by atomic mass is 16.4. The zero-order valence-corrected chi connectivity index (χ0v) is 7.97. The second-order valence-electron chi connectivity index (χ2n) is 2.92. The number of carbonyl (C=O) groups is 1. The van der Waals surface area contributed by atoms with Crippen LogP contribution in [0.5, 0.6) is 0 Å². The molecule has 0 aromatic heterocycles. The molecule has 13 heavy (non-hydrogen) atoms. The van der Waals surface area contributed by atoms with Crippen molar-refractivity contribution in [1.29, 1.82) is 0 Å². The quantitative estimate of drug-likeness (QED) is 0.504. The minimum Gasteiger partial charge on any atom is -0.478 e. The maximum Gasteiger partial charge on any atom is 0.328 e. The first-order valence-corrected chi connectivity index (χ1v) is 4.33. The Morgan fingerprint density at radius 3 is 2.54 bits per heavy atom. The van der Waals surface area contributed by atoms with Gasteiger partial charge in [-0.05, 0) is 6.42 Å². The van der Waals surface area contributed by atoms with Gasteiger partial charge in [0.05, 0.1) is 6.10 Å². The number of hydrogen-bond acceptors (Lipinski definition) is 2. The predicted molar refractivity (Wildman–Crippen MR) is 51.4 cm³/mol. The molecule has 0 saturated heterocycles. The van der Waals surface area contributed by atoms with Crippen LogP contribution >= 0.6 is 0 Å². The number of rotatable bonds is 5. The zero-order valence-electron chi connectivity index (χ0n) is 7.97. The largest absolute Gasteiger partial charge is 0.478 e. The van der Waals surface area contributed by atoms with Crippen LogP contribution in [0.2, 0.25) is 0 Å². The molecule has 0 heterocycles. The molecule has 0 bridgehead atoms. The van der Waals surface area contributed by atoms with Crippen molar-refractivity contribution in [3.8, 4) is 0 Å². The Kier molecular flexibility index (Phi) is 5.89. The van der Waals surface area contributed by atoms with Crippen LogP contribution in [0.25, 0.3) is 0 Å². The van der Waals surface area contributed by atoms with E-state index < -0.39 is 5.97 Å². The molecule has 0 rings (SSSR count). The zero-order chi connectivity index (χ0) is 10.3. The second-order valence-corrected chi connectivity index (χ2v) is 2.92. The molecule has 0 fully saturated rings. The molecule has 0 amide bonds. The second kappa shape index (κ2) is 6.43. The molecule has 0 saturated carbocycles. The monoisotopic (exact) mass is 184 g/mol. The van der Waals surface area contributed by atoms with Gasteiger partial charge >= 0.3 is 5.97 Å². The van der Waals surface area contributed by atoms with Crippen LogP contribution in [0.15, 0.2) is 24.3 Å². The van der Waals surface area contributed by atoms with E-state index in [2.05, 4.69) is 0 Å². The highest BCUT2D eigenvalue weighted by molar-refractivity contribution is 5.80. The lowest BCUT2D eigenvalue weighted by Gasteiger charge is -2.11. The maximum absolute atomic E-state index is 10.1. The van der Waals surface area contributed by atoms with Gasteiger partial charge in [-0.2, -0.15) is 0 Å². The summed E-state index contributed by atoms with van der Waals surface area (Å²) in [7, 11) is 0. The Morgan fingerprint density at radius 1 is 1.46 bits per heavy atom. The van der Waals surface area contributed by atoms with E-state index in [1.165, 1.54) is 6.08 Å². The smallest absolute Gasteiger partial charge is 0.328 e. The molecule has 0 spiro atoms. The fraction of sp³-hybridized carbons (Fsp3) is 0.500. The van der Waals surface area contributed by atoms with E-state index >= 15 is 0 Å². The predicted octanol–water partition coefficient (Wildman–Crippen LogP) is 1.59. The van der Waals surface area contributed by atoms with Gasteiger partial charge in [0.2, 0.25) is 0 Å². The number of carboxylic acid groups (broad SMARTS) is 1. The minimum absolute atomic E-state index is 0.0587. The highest BCUT2D eigenvalue weighted by Crippen LogP contribution is 2.07. The van der Waals surface area contributed by atoms with Crippen LogP contribution in [0, 0.1) is 5.92 Å². The maximum atomic E-state index is 10.1. The lowest BCUT2D eigenvalue weighted by Crippen LogP contribution is -2.13. The first-order valence-electron chi connectivity index (χ1n) is 4.33. The Hall–Kier alpha value is -1.09. The Bertz CT molecular complexity index is 206. The summed E-state index contributed by atoms with van der Waals surface area (Å²) in [5.74, 6) is -0.906. The lowest BCUT2D eigenvalue weighted by molar-refractivity contribution is -0.131.